The summed E-state index contributed by atoms with van der Waals surface area (Å²) in [5.74, 6) is 0. The molecule has 1 aliphatic heterocycles. The summed E-state index contributed by atoms with van der Waals surface area (Å²) in [6.07, 6.45) is -4.17. The summed E-state index contributed by atoms with van der Waals surface area (Å²) in [5, 5.41) is 18.6. The van der Waals surface area contributed by atoms with Crippen molar-refractivity contribution in [1.29, 1.82) is 0 Å². The molecule has 0 bridgehead atoms. The monoisotopic (exact) mass is 246 g/mol. The predicted octanol–water partition coefficient (Wildman–Crippen LogP) is -1.51. The fraction of sp³-hybridized carbons (Fsp3) is 0.600. The van der Waals surface area contributed by atoms with E-state index in [9.17, 15) is 14.7 Å². The molecule has 1 aromatic heterocycles. The van der Waals surface area contributed by atoms with E-state index in [0.29, 0.717) is 4.57 Å². The van der Waals surface area contributed by atoms with Crippen molar-refractivity contribution in [2.24, 2.45) is 0 Å². The second-order valence-corrected chi connectivity index (χ2v) is 3.72. The van der Waals surface area contributed by atoms with Gasteiger partial charge in [-0.25, -0.2) is 9.36 Å². The highest BCUT2D eigenvalue weighted by atomic mass is 16.5. The number of H-pyrrole nitrogens is 1. The molecule has 0 saturated carbocycles. The van der Waals surface area contributed by atoms with Crippen LogP contribution < -0.4 is 11.2 Å². The van der Waals surface area contributed by atoms with Gasteiger partial charge in [-0.3, -0.25) is 4.79 Å². The largest absolute Gasteiger partial charge is 0.394 e. The van der Waals surface area contributed by atoms with Gasteiger partial charge >= 0.3 is 5.69 Å². The van der Waals surface area contributed by atoms with Gasteiger partial charge in [0, 0.05) is 22.3 Å². The van der Waals surface area contributed by atoms with Gasteiger partial charge in [0.25, 0.3) is 5.56 Å². The Morgan fingerprint density at radius 1 is 1.76 bits per heavy atom. The van der Waals surface area contributed by atoms with Crippen molar-refractivity contribution in [3.63, 3.8) is 0 Å². The van der Waals surface area contributed by atoms with Crippen LogP contribution in [-0.2, 0) is 4.74 Å². The van der Waals surface area contributed by atoms with E-state index in [-0.39, 0.29) is 6.42 Å². The summed E-state index contributed by atoms with van der Waals surface area (Å²) < 4.78 is 34.9. The average molecular weight is 246 g/mol. The lowest BCUT2D eigenvalue weighted by Crippen LogP contribution is -2.39. The van der Waals surface area contributed by atoms with E-state index in [1.807, 2.05) is 4.98 Å². The van der Waals surface area contributed by atoms with Crippen LogP contribution in [0.1, 0.15) is 23.7 Å². The summed E-state index contributed by atoms with van der Waals surface area (Å²) in [4.78, 5) is 26.0. The highest BCUT2D eigenvalue weighted by Gasteiger charge is 2.35. The molecule has 94 valence electrons. The molecule has 7 heteroatoms. The Labute approximate surface area is 102 Å². The smallest absolute Gasteiger partial charge is 0.330 e. The maximum atomic E-state index is 12.2. The summed E-state index contributed by atoms with van der Waals surface area (Å²) in [7, 11) is 0. The number of aliphatic hydroxyl groups is 2. The molecule has 17 heavy (non-hydrogen) atoms. The molecule has 0 radical (unpaired) electrons. The Bertz CT molecular complexity index is 652. The van der Waals surface area contributed by atoms with Gasteiger partial charge in [0.15, 0.2) is 0 Å². The molecular weight excluding hydrogens is 228 g/mol. The number of hydrogen-bond acceptors (Lipinski definition) is 5. The molecule has 1 aliphatic rings. The standard InChI is InChI=1S/C10H14N2O5/c1-5-3-11-10(16)12(9(5)15)8-2-6(14)7(4-13)17-8/h3,6-8,13-14H,2,4H2,1H3,(H,11,16)/t6-,7+,8-/m1/s1/i1D3,3D. The van der Waals surface area contributed by atoms with E-state index in [1.54, 1.807) is 0 Å². The fourth-order valence-electron chi connectivity index (χ4n) is 1.74. The number of nitrogens with one attached hydrogen (secondary N) is 1. The van der Waals surface area contributed by atoms with Crippen LogP contribution in [-0.4, -0.2) is 38.6 Å². The quantitative estimate of drug-likeness (QED) is 0.588. The van der Waals surface area contributed by atoms with Crippen LogP contribution in [0.2, 0.25) is 0 Å². The number of aromatic nitrogens is 2. The molecule has 1 aromatic rings. The first kappa shape index (κ1) is 7.80. The molecule has 2 rings (SSSR count). The van der Waals surface area contributed by atoms with E-state index >= 15 is 0 Å². The van der Waals surface area contributed by atoms with Crippen LogP contribution in [0.3, 0.4) is 0 Å². The highest BCUT2D eigenvalue weighted by Crippen LogP contribution is 2.26. The van der Waals surface area contributed by atoms with E-state index in [4.69, 9.17) is 15.3 Å². The zero-order valence-corrected chi connectivity index (χ0v) is 8.71. The first-order valence-electron chi connectivity index (χ1n) is 6.97. The Hall–Kier alpha value is -1.44. The minimum Gasteiger partial charge on any atom is -0.394 e. The Morgan fingerprint density at radius 2 is 2.53 bits per heavy atom. The SMILES string of the molecule is [2H]c1[nH]c(=O)n([C@H]2C[C@@H](O)[C@H](CO)O2)c(=O)c1C([2H])([2H])[2H]. The first-order valence-corrected chi connectivity index (χ1v) is 4.97. The van der Waals surface area contributed by atoms with Crippen LogP contribution in [0.5, 0.6) is 0 Å². The molecule has 3 atom stereocenters. The van der Waals surface area contributed by atoms with E-state index in [0.717, 1.165) is 0 Å². The molecule has 2 heterocycles. The molecule has 0 amide bonds. The first-order chi connectivity index (χ1) is 9.66. The molecule has 0 unspecified atom stereocenters. The molecule has 1 saturated heterocycles. The molecule has 3 N–H and O–H groups in total. The van der Waals surface area contributed by atoms with Crippen molar-refractivity contribution < 1.29 is 20.4 Å². The van der Waals surface area contributed by atoms with Crippen molar-refractivity contribution >= 4 is 0 Å². The van der Waals surface area contributed by atoms with Crippen molar-refractivity contribution in [2.75, 3.05) is 6.61 Å². The van der Waals surface area contributed by atoms with Crippen molar-refractivity contribution in [2.45, 2.75) is 31.7 Å². The van der Waals surface area contributed by atoms with Gasteiger partial charge in [-0.2, -0.15) is 0 Å². The molecule has 0 spiro atoms. The molecule has 0 aliphatic carbocycles. The van der Waals surface area contributed by atoms with Crippen LogP contribution in [0.4, 0.5) is 0 Å². The molecule has 7 nitrogen and oxygen atoms in total. The highest BCUT2D eigenvalue weighted by molar-refractivity contribution is 5.02. The minimum atomic E-state index is -2.87. The van der Waals surface area contributed by atoms with Crippen LogP contribution >= 0.6 is 0 Å². The van der Waals surface area contributed by atoms with E-state index in [2.05, 4.69) is 0 Å². The minimum absolute atomic E-state index is 0.147. The topological polar surface area (TPSA) is 105 Å². The van der Waals surface area contributed by atoms with E-state index in [1.165, 1.54) is 0 Å². The third kappa shape index (κ3) is 2.04. The van der Waals surface area contributed by atoms with Crippen molar-refractivity contribution in [1.82, 2.24) is 9.55 Å². The fourth-order valence-corrected chi connectivity index (χ4v) is 1.74. The van der Waals surface area contributed by atoms with Gasteiger partial charge in [0.2, 0.25) is 0 Å². The van der Waals surface area contributed by atoms with Gasteiger partial charge in [-0.05, 0) is 6.85 Å². The predicted molar refractivity (Wildman–Crippen MR) is 57.7 cm³/mol. The Kier molecular flexibility index (Phi) is 2.04. The van der Waals surface area contributed by atoms with Gasteiger partial charge in [-0.1, -0.05) is 0 Å². The molecule has 1 fully saturated rings. The number of ether oxygens (including phenoxy) is 1. The average Bonchev–Trinajstić information content (AvgIpc) is 2.67. The number of hydrogen-bond donors (Lipinski definition) is 3. The van der Waals surface area contributed by atoms with Gasteiger partial charge < -0.3 is 19.9 Å². The molecule has 0 aromatic carbocycles. The number of aromatic amines is 1. The van der Waals surface area contributed by atoms with Gasteiger partial charge in [0.1, 0.15) is 12.3 Å². The summed E-state index contributed by atoms with van der Waals surface area (Å²) in [5.41, 5.74) is -3.00. The van der Waals surface area contributed by atoms with Crippen LogP contribution in [0, 0.1) is 6.85 Å². The maximum absolute atomic E-state index is 12.2. The number of nitrogens with zero attached hydrogens (tertiary/aromatic N) is 1. The van der Waals surface area contributed by atoms with Crippen LogP contribution in [0.15, 0.2) is 15.8 Å². The maximum Gasteiger partial charge on any atom is 0.330 e. The summed E-state index contributed by atoms with van der Waals surface area (Å²) in [6, 6.07) is 0. The summed E-state index contributed by atoms with van der Waals surface area (Å²) in [6.45, 7) is -3.37. The van der Waals surface area contributed by atoms with Crippen molar-refractivity contribution in [3.05, 3.63) is 32.6 Å². The Morgan fingerprint density at radius 3 is 3.12 bits per heavy atom. The third-order valence-corrected chi connectivity index (χ3v) is 2.62. The summed E-state index contributed by atoms with van der Waals surface area (Å²) >= 11 is 0. The zero-order chi connectivity index (χ0) is 15.9. The molecular formula is C10H14N2O5. The van der Waals surface area contributed by atoms with Crippen LogP contribution in [0.25, 0.3) is 0 Å². The third-order valence-electron chi connectivity index (χ3n) is 2.62. The lowest BCUT2D eigenvalue weighted by Gasteiger charge is -2.13. The van der Waals surface area contributed by atoms with Crippen molar-refractivity contribution in [3.8, 4) is 0 Å². The Balaban J connectivity index is 2.56. The lowest BCUT2D eigenvalue weighted by molar-refractivity contribution is -0.0469. The normalized spacial score (nSPS) is 32.7. The lowest BCUT2D eigenvalue weighted by atomic mass is 10.2. The zero-order valence-electron chi connectivity index (χ0n) is 12.7. The van der Waals surface area contributed by atoms with Gasteiger partial charge in [-0.15, -0.1) is 0 Å². The number of aliphatic hydroxyl groups excluding tert-OH is 2. The second-order valence-electron chi connectivity index (χ2n) is 3.72. The number of rotatable bonds is 2. The second kappa shape index (κ2) is 4.44. The van der Waals surface area contributed by atoms with Gasteiger partial charge in [0.05, 0.1) is 14.1 Å². The van der Waals surface area contributed by atoms with E-state index < -0.39 is 54.9 Å².